The molecule has 0 rings (SSSR count). The highest BCUT2D eigenvalue weighted by atomic mass is 32.2. The lowest BCUT2D eigenvalue weighted by atomic mass is 10.4. The van der Waals surface area contributed by atoms with E-state index in [9.17, 15) is 26.2 Å². The largest absolute Gasteiger partial charge is 0.397 e. The van der Waals surface area contributed by atoms with Crippen LogP contribution < -0.4 is 0 Å². The molecule has 0 spiro atoms. The van der Waals surface area contributed by atoms with Crippen molar-refractivity contribution in [2.24, 2.45) is 0 Å². The van der Waals surface area contributed by atoms with Crippen LogP contribution in [0.2, 0.25) is 0 Å². The second-order valence-corrected chi connectivity index (χ2v) is 2.33. The van der Waals surface area contributed by atoms with Crippen LogP contribution in [0.5, 0.6) is 0 Å². The van der Waals surface area contributed by atoms with Crippen LogP contribution in [0.4, 0.5) is 22.0 Å². The molecule has 0 saturated heterocycles. The number of halogens is 5. The van der Waals surface area contributed by atoms with E-state index in [1.54, 1.807) is 0 Å². The average Bonchev–Trinajstić information content (AvgIpc) is 1.48. The molecule has 0 amide bonds. The van der Waals surface area contributed by atoms with Gasteiger partial charge in [0.05, 0.1) is 0 Å². The van der Waals surface area contributed by atoms with E-state index >= 15 is 0 Å². The predicted octanol–water partition coefficient (Wildman–Crippen LogP) is 1.68. The standard InChI is InChI=1S/C3H3F5O3S/c4-2(5,6)1-3(7,8)11-12(9)10/h1H2,(H,9,10). The first-order valence-electron chi connectivity index (χ1n) is 2.37. The van der Waals surface area contributed by atoms with Gasteiger partial charge in [-0.2, -0.15) is 30.3 Å². The van der Waals surface area contributed by atoms with Crippen molar-refractivity contribution in [2.45, 2.75) is 18.7 Å². The summed E-state index contributed by atoms with van der Waals surface area (Å²) in [4.78, 5) is 0. The molecule has 0 bridgehead atoms. The summed E-state index contributed by atoms with van der Waals surface area (Å²) in [5.74, 6) is 0. The highest BCUT2D eigenvalue weighted by molar-refractivity contribution is 7.74. The van der Waals surface area contributed by atoms with Gasteiger partial charge in [-0.05, 0) is 0 Å². The van der Waals surface area contributed by atoms with Crippen LogP contribution in [-0.2, 0) is 15.5 Å². The van der Waals surface area contributed by atoms with Crippen molar-refractivity contribution < 1.29 is 34.9 Å². The van der Waals surface area contributed by atoms with Crippen LogP contribution in [0.1, 0.15) is 6.42 Å². The van der Waals surface area contributed by atoms with E-state index in [4.69, 9.17) is 4.55 Å². The van der Waals surface area contributed by atoms with E-state index in [1.165, 1.54) is 0 Å². The van der Waals surface area contributed by atoms with Gasteiger partial charge in [0, 0.05) is 0 Å². The molecular weight excluding hydrogens is 211 g/mol. The average molecular weight is 214 g/mol. The van der Waals surface area contributed by atoms with Crippen LogP contribution >= 0.6 is 0 Å². The predicted molar refractivity (Wildman–Crippen MR) is 27.5 cm³/mol. The molecule has 9 heteroatoms. The highest BCUT2D eigenvalue weighted by Crippen LogP contribution is 2.32. The maximum Gasteiger partial charge on any atom is 0.397 e. The SMILES string of the molecule is O=S(O)OC(F)(F)CC(F)(F)F. The van der Waals surface area contributed by atoms with Gasteiger partial charge in [-0.25, -0.2) is 0 Å². The Morgan fingerprint density at radius 3 is 1.92 bits per heavy atom. The summed E-state index contributed by atoms with van der Waals surface area (Å²) in [5, 5.41) is 0. The summed E-state index contributed by atoms with van der Waals surface area (Å²) in [6.07, 6.45) is -12.4. The van der Waals surface area contributed by atoms with Gasteiger partial charge in [-0.1, -0.05) is 0 Å². The summed E-state index contributed by atoms with van der Waals surface area (Å²) in [7, 11) is 0. The quantitative estimate of drug-likeness (QED) is 0.574. The van der Waals surface area contributed by atoms with E-state index in [0.29, 0.717) is 0 Å². The monoisotopic (exact) mass is 214 g/mol. The smallest absolute Gasteiger partial charge is 0.284 e. The van der Waals surface area contributed by atoms with Crippen molar-refractivity contribution in [1.82, 2.24) is 0 Å². The van der Waals surface area contributed by atoms with E-state index < -0.39 is 30.1 Å². The number of hydrogen-bond acceptors (Lipinski definition) is 2. The van der Waals surface area contributed by atoms with Crippen LogP contribution in [-0.4, -0.2) is 21.0 Å². The summed E-state index contributed by atoms with van der Waals surface area (Å²) in [6, 6.07) is 0. The Labute approximate surface area is 66.0 Å². The zero-order chi connectivity index (χ0) is 9.99. The van der Waals surface area contributed by atoms with Gasteiger partial charge < -0.3 is 0 Å². The third-order valence-electron chi connectivity index (χ3n) is 0.599. The topological polar surface area (TPSA) is 46.5 Å². The van der Waals surface area contributed by atoms with Gasteiger partial charge in [0.2, 0.25) is 0 Å². The molecule has 0 aromatic carbocycles. The van der Waals surface area contributed by atoms with E-state index in [2.05, 4.69) is 4.18 Å². The van der Waals surface area contributed by atoms with E-state index in [0.717, 1.165) is 0 Å². The lowest BCUT2D eigenvalue weighted by Gasteiger charge is -2.14. The Morgan fingerprint density at radius 1 is 1.25 bits per heavy atom. The van der Waals surface area contributed by atoms with Gasteiger partial charge in [-0.3, -0.25) is 4.55 Å². The van der Waals surface area contributed by atoms with Gasteiger partial charge in [-0.15, -0.1) is 0 Å². The molecule has 0 fully saturated rings. The van der Waals surface area contributed by atoms with Crippen LogP contribution in [0.25, 0.3) is 0 Å². The molecule has 3 nitrogen and oxygen atoms in total. The molecule has 12 heavy (non-hydrogen) atoms. The number of rotatable bonds is 3. The fourth-order valence-corrected chi connectivity index (χ4v) is 0.635. The van der Waals surface area contributed by atoms with Crippen LogP contribution in [0, 0.1) is 0 Å². The summed E-state index contributed by atoms with van der Waals surface area (Å²) < 4.78 is 77.6. The molecule has 0 saturated carbocycles. The molecule has 1 N–H and O–H groups in total. The Balaban J connectivity index is 4.13. The molecular formula is C3H3F5O3S. The summed E-state index contributed by atoms with van der Waals surface area (Å²) in [5.41, 5.74) is 0. The minimum absolute atomic E-state index is 2.59. The molecule has 1 atom stereocenters. The van der Waals surface area contributed by atoms with Crippen molar-refractivity contribution in [3.05, 3.63) is 0 Å². The third-order valence-corrected chi connectivity index (χ3v) is 0.986. The first-order chi connectivity index (χ1) is 5.12. The van der Waals surface area contributed by atoms with Crippen LogP contribution in [0.3, 0.4) is 0 Å². The Bertz CT molecular complexity index is 177. The second-order valence-electron chi connectivity index (χ2n) is 1.73. The molecule has 0 aromatic rings. The first-order valence-corrected chi connectivity index (χ1v) is 3.40. The van der Waals surface area contributed by atoms with E-state index in [-0.39, 0.29) is 0 Å². The molecule has 0 radical (unpaired) electrons. The zero-order valence-electron chi connectivity index (χ0n) is 5.27. The minimum Gasteiger partial charge on any atom is -0.284 e. The maximum atomic E-state index is 11.9. The fourth-order valence-electron chi connectivity index (χ4n) is 0.367. The number of hydrogen-bond donors (Lipinski definition) is 1. The fraction of sp³-hybridized carbons (Fsp3) is 1.00. The molecule has 0 aliphatic rings. The Kier molecular flexibility index (Phi) is 3.54. The highest BCUT2D eigenvalue weighted by Gasteiger charge is 2.46. The summed E-state index contributed by atoms with van der Waals surface area (Å²) >= 11 is -3.42. The van der Waals surface area contributed by atoms with Gasteiger partial charge in [0.15, 0.2) is 0 Å². The van der Waals surface area contributed by atoms with Crippen LogP contribution in [0.15, 0.2) is 0 Å². The van der Waals surface area contributed by atoms with Crippen molar-refractivity contribution in [1.29, 1.82) is 0 Å². The lowest BCUT2D eigenvalue weighted by molar-refractivity contribution is -0.253. The van der Waals surface area contributed by atoms with Gasteiger partial charge in [0.25, 0.3) is 0 Å². The Hall–Kier alpha value is -0.280. The molecule has 0 aromatic heterocycles. The van der Waals surface area contributed by atoms with Gasteiger partial charge >= 0.3 is 23.6 Å². The van der Waals surface area contributed by atoms with Crippen molar-refractivity contribution in [2.75, 3.05) is 0 Å². The molecule has 0 aliphatic carbocycles. The molecule has 0 aliphatic heterocycles. The normalized spacial score (nSPS) is 16.2. The number of alkyl halides is 5. The van der Waals surface area contributed by atoms with E-state index in [1.807, 2.05) is 0 Å². The van der Waals surface area contributed by atoms with Crippen molar-refractivity contribution in [3.8, 4) is 0 Å². The third kappa shape index (κ3) is 6.43. The lowest BCUT2D eigenvalue weighted by Crippen LogP contribution is -2.29. The maximum absolute atomic E-state index is 11.9. The molecule has 0 heterocycles. The van der Waals surface area contributed by atoms with Gasteiger partial charge in [0.1, 0.15) is 6.42 Å². The molecule has 74 valence electrons. The van der Waals surface area contributed by atoms with Crippen molar-refractivity contribution >= 4 is 11.4 Å². The second kappa shape index (κ2) is 3.62. The zero-order valence-corrected chi connectivity index (χ0v) is 6.09. The molecule has 1 unspecified atom stereocenters. The minimum atomic E-state index is -5.15. The first kappa shape index (κ1) is 11.7. The summed E-state index contributed by atoms with van der Waals surface area (Å²) in [6.45, 7) is 0. The van der Waals surface area contributed by atoms with Crippen molar-refractivity contribution in [3.63, 3.8) is 0 Å². The Morgan fingerprint density at radius 2 is 1.67 bits per heavy atom.